The molecule has 0 spiro atoms. The molecule has 10 nitrogen and oxygen atoms in total. The fourth-order valence-corrected chi connectivity index (χ4v) is 3.42. The molecule has 3 rings (SSSR count). The van der Waals surface area contributed by atoms with E-state index in [0.717, 1.165) is 25.9 Å². The average Bonchev–Trinajstić information content (AvgIpc) is 2.69. The Morgan fingerprint density at radius 2 is 1.83 bits per heavy atom. The number of benzene rings is 1. The van der Waals surface area contributed by atoms with E-state index in [1.165, 1.54) is 13.3 Å². The molecule has 2 heterocycles. The lowest BCUT2D eigenvalue weighted by Crippen LogP contribution is -2.42. The van der Waals surface area contributed by atoms with E-state index in [-0.39, 0.29) is 23.5 Å². The van der Waals surface area contributed by atoms with Crippen LogP contribution in [0.4, 0.5) is 28.7 Å². The van der Waals surface area contributed by atoms with Crippen molar-refractivity contribution >= 4 is 34.6 Å². The van der Waals surface area contributed by atoms with Gasteiger partial charge in [-0.05, 0) is 57.2 Å². The standard InChI is InChI=1S/C19H25N7O3/c1-13(27)22-14-4-6-15(7-5-14)23-18-17(26(28)29)19(21-12-20-18)25(3)16-8-10-24(2)11-9-16/h4-7,12,16H,8-11H2,1-3H3,(H,22,27)(H,20,21,23). The second-order valence-electron chi connectivity index (χ2n) is 7.18. The van der Waals surface area contributed by atoms with E-state index in [1.54, 1.807) is 24.3 Å². The van der Waals surface area contributed by atoms with Crippen molar-refractivity contribution in [1.29, 1.82) is 0 Å². The van der Waals surface area contributed by atoms with E-state index >= 15 is 0 Å². The monoisotopic (exact) mass is 399 g/mol. The van der Waals surface area contributed by atoms with Crippen LogP contribution in [0.1, 0.15) is 19.8 Å². The van der Waals surface area contributed by atoms with Crippen LogP contribution >= 0.6 is 0 Å². The third-order valence-electron chi connectivity index (χ3n) is 5.02. The highest BCUT2D eigenvalue weighted by atomic mass is 16.6. The van der Waals surface area contributed by atoms with Gasteiger partial charge in [0.25, 0.3) is 0 Å². The first-order chi connectivity index (χ1) is 13.8. The van der Waals surface area contributed by atoms with E-state index < -0.39 is 4.92 Å². The van der Waals surface area contributed by atoms with Crippen LogP contribution in [0.15, 0.2) is 30.6 Å². The van der Waals surface area contributed by atoms with E-state index in [9.17, 15) is 14.9 Å². The SMILES string of the molecule is CC(=O)Nc1ccc(Nc2ncnc(N(C)C3CCN(C)CC3)c2[N+](=O)[O-])cc1. The van der Waals surface area contributed by atoms with Crippen molar-refractivity contribution in [3.8, 4) is 0 Å². The first-order valence-corrected chi connectivity index (χ1v) is 9.40. The molecule has 1 aliphatic heterocycles. The molecule has 0 radical (unpaired) electrons. The first kappa shape index (κ1) is 20.5. The Balaban J connectivity index is 1.85. The fraction of sp³-hybridized carbons (Fsp3) is 0.421. The molecule has 1 aromatic carbocycles. The van der Waals surface area contributed by atoms with Gasteiger partial charge in [-0.25, -0.2) is 9.97 Å². The number of nitro groups is 1. The Kier molecular flexibility index (Phi) is 6.23. The predicted octanol–water partition coefficient (Wildman–Crippen LogP) is 2.62. The lowest BCUT2D eigenvalue weighted by Gasteiger charge is -2.35. The van der Waals surface area contributed by atoms with Gasteiger partial charge in [0, 0.05) is 31.4 Å². The Morgan fingerprint density at radius 1 is 1.21 bits per heavy atom. The highest BCUT2D eigenvalue weighted by Gasteiger charge is 2.30. The summed E-state index contributed by atoms with van der Waals surface area (Å²) in [6.07, 6.45) is 3.17. The summed E-state index contributed by atoms with van der Waals surface area (Å²) < 4.78 is 0. The van der Waals surface area contributed by atoms with Crippen molar-refractivity contribution in [2.45, 2.75) is 25.8 Å². The number of carbonyl (C=O) groups excluding carboxylic acids is 1. The lowest BCUT2D eigenvalue weighted by atomic mass is 10.0. The first-order valence-electron chi connectivity index (χ1n) is 9.40. The molecule has 2 N–H and O–H groups in total. The number of hydrogen-bond donors (Lipinski definition) is 2. The zero-order chi connectivity index (χ0) is 21.0. The van der Waals surface area contributed by atoms with Crippen LogP contribution in [0.3, 0.4) is 0 Å². The third kappa shape index (κ3) is 4.96. The van der Waals surface area contributed by atoms with Crippen LogP contribution in [0.25, 0.3) is 0 Å². The maximum Gasteiger partial charge on any atom is 0.353 e. The van der Waals surface area contributed by atoms with Crippen LogP contribution in [-0.4, -0.2) is 58.9 Å². The average molecular weight is 399 g/mol. The van der Waals surface area contributed by atoms with Crippen LogP contribution in [-0.2, 0) is 4.79 Å². The number of amides is 1. The number of carbonyl (C=O) groups is 1. The largest absolute Gasteiger partial charge is 0.353 e. The summed E-state index contributed by atoms with van der Waals surface area (Å²) in [5.74, 6) is 0.266. The Bertz CT molecular complexity index is 880. The number of nitrogens with one attached hydrogen (secondary N) is 2. The number of rotatable bonds is 6. The van der Waals surface area contributed by atoms with E-state index in [0.29, 0.717) is 17.2 Å². The molecule has 10 heteroatoms. The van der Waals surface area contributed by atoms with Crippen molar-refractivity contribution in [2.75, 3.05) is 42.7 Å². The summed E-state index contributed by atoms with van der Waals surface area (Å²) in [5, 5.41) is 17.5. The maximum atomic E-state index is 11.9. The van der Waals surface area contributed by atoms with Gasteiger partial charge in [0.05, 0.1) is 4.92 Å². The molecule has 1 saturated heterocycles. The Labute approximate surface area is 169 Å². The zero-order valence-corrected chi connectivity index (χ0v) is 16.8. The van der Waals surface area contributed by atoms with Gasteiger partial charge in [-0.15, -0.1) is 0 Å². The highest BCUT2D eigenvalue weighted by molar-refractivity contribution is 5.89. The minimum atomic E-state index is -0.450. The smallest absolute Gasteiger partial charge is 0.351 e. The van der Waals surface area contributed by atoms with Crippen LogP contribution in [0, 0.1) is 10.1 Å². The molecule has 1 fully saturated rings. The number of piperidine rings is 1. The van der Waals surface area contributed by atoms with Gasteiger partial charge in [-0.2, -0.15) is 0 Å². The number of nitrogens with zero attached hydrogens (tertiary/aromatic N) is 5. The maximum absolute atomic E-state index is 11.9. The topological polar surface area (TPSA) is 117 Å². The Hall–Kier alpha value is -3.27. The molecule has 154 valence electrons. The molecule has 0 aliphatic carbocycles. The summed E-state index contributed by atoms with van der Waals surface area (Å²) in [6, 6.07) is 7.05. The summed E-state index contributed by atoms with van der Waals surface area (Å²) in [5.41, 5.74) is 1.11. The van der Waals surface area contributed by atoms with Crippen LogP contribution < -0.4 is 15.5 Å². The number of hydrogen-bond acceptors (Lipinski definition) is 8. The molecular formula is C19H25N7O3. The van der Waals surface area contributed by atoms with Gasteiger partial charge in [0.15, 0.2) is 0 Å². The molecule has 29 heavy (non-hydrogen) atoms. The van der Waals surface area contributed by atoms with Crippen molar-refractivity contribution in [2.24, 2.45) is 0 Å². The molecular weight excluding hydrogens is 374 g/mol. The van der Waals surface area contributed by atoms with Crippen molar-refractivity contribution in [3.63, 3.8) is 0 Å². The Morgan fingerprint density at radius 3 is 2.41 bits per heavy atom. The van der Waals surface area contributed by atoms with Gasteiger partial charge in [-0.1, -0.05) is 0 Å². The predicted molar refractivity (Wildman–Crippen MR) is 112 cm³/mol. The second kappa shape index (κ2) is 8.82. The summed E-state index contributed by atoms with van der Waals surface area (Å²) in [6.45, 7) is 3.32. The second-order valence-corrected chi connectivity index (χ2v) is 7.18. The number of likely N-dealkylation sites (tertiary alicyclic amines) is 1. The third-order valence-corrected chi connectivity index (χ3v) is 5.02. The fourth-order valence-electron chi connectivity index (χ4n) is 3.42. The van der Waals surface area contributed by atoms with E-state index in [2.05, 4.69) is 32.5 Å². The molecule has 1 amide bonds. The number of anilines is 4. The number of aromatic nitrogens is 2. The van der Waals surface area contributed by atoms with Crippen LogP contribution in [0.5, 0.6) is 0 Å². The van der Waals surface area contributed by atoms with Crippen LogP contribution in [0.2, 0.25) is 0 Å². The zero-order valence-electron chi connectivity index (χ0n) is 16.8. The van der Waals surface area contributed by atoms with Gasteiger partial charge in [0.2, 0.25) is 17.5 Å². The molecule has 1 aromatic heterocycles. The van der Waals surface area contributed by atoms with Gasteiger partial charge >= 0.3 is 5.69 Å². The van der Waals surface area contributed by atoms with Crippen molar-refractivity contribution in [1.82, 2.24) is 14.9 Å². The normalized spacial score (nSPS) is 15.0. The minimum Gasteiger partial charge on any atom is -0.351 e. The molecule has 0 bridgehead atoms. The van der Waals surface area contributed by atoms with Gasteiger partial charge in [0.1, 0.15) is 6.33 Å². The van der Waals surface area contributed by atoms with Crippen molar-refractivity contribution < 1.29 is 9.72 Å². The molecule has 0 unspecified atom stereocenters. The molecule has 0 saturated carbocycles. The molecule has 1 aliphatic rings. The molecule has 0 atom stereocenters. The lowest BCUT2D eigenvalue weighted by molar-refractivity contribution is -0.383. The van der Waals surface area contributed by atoms with E-state index in [1.807, 2.05) is 11.9 Å². The quantitative estimate of drug-likeness (QED) is 0.562. The summed E-state index contributed by atoms with van der Waals surface area (Å²) in [4.78, 5) is 35.0. The van der Waals surface area contributed by atoms with Gasteiger partial charge in [-0.3, -0.25) is 14.9 Å². The van der Waals surface area contributed by atoms with E-state index in [4.69, 9.17) is 0 Å². The highest BCUT2D eigenvalue weighted by Crippen LogP contribution is 2.35. The minimum absolute atomic E-state index is 0.132. The summed E-state index contributed by atoms with van der Waals surface area (Å²) in [7, 11) is 3.92. The molecule has 2 aromatic rings. The summed E-state index contributed by atoms with van der Waals surface area (Å²) >= 11 is 0. The van der Waals surface area contributed by atoms with Gasteiger partial charge < -0.3 is 20.4 Å². The van der Waals surface area contributed by atoms with Crippen molar-refractivity contribution in [3.05, 3.63) is 40.7 Å².